The Balaban J connectivity index is 2.37. The van der Waals surface area contributed by atoms with Crippen LogP contribution in [0.1, 0.15) is 48.5 Å². The molecule has 6 nitrogen and oxygen atoms in total. The highest BCUT2D eigenvalue weighted by Gasteiger charge is 2.23. The molecule has 0 fully saturated rings. The molecule has 0 aliphatic carbocycles. The molecular formula is C19H24O6. The van der Waals surface area contributed by atoms with Gasteiger partial charge in [0.2, 0.25) is 0 Å². The van der Waals surface area contributed by atoms with E-state index in [0.717, 1.165) is 12.5 Å². The van der Waals surface area contributed by atoms with Crippen LogP contribution in [0.3, 0.4) is 0 Å². The maximum absolute atomic E-state index is 12.4. The van der Waals surface area contributed by atoms with Crippen LogP contribution in [0.4, 0.5) is 0 Å². The van der Waals surface area contributed by atoms with E-state index >= 15 is 0 Å². The van der Waals surface area contributed by atoms with Gasteiger partial charge in [-0.25, -0.2) is 4.79 Å². The fourth-order valence-electron chi connectivity index (χ4n) is 2.86. The summed E-state index contributed by atoms with van der Waals surface area (Å²) in [4.78, 5) is 24.8. The quantitative estimate of drug-likeness (QED) is 0.599. The zero-order valence-corrected chi connectivity index (χ0v) is 14.5. The summed E-state index contributed by atoms with van der Waals surface area (Å²) in [6.45, 7) is 1.76. The second-order valence-electron chi connectivity index (χ2n) is 6.28. The average Bonchev–Trinajstić information content (AvgIpc) is 2.51. The summed E-state index contributed by atoms with van der Waals surface area (Å²) in [5.41, 5.74) is 0.176. The van der Waals surface area contributed by atoms with Crippen molar-refractivity contribution in [2.24, 2.45) is 0 Å². The fraction of sp³-hybridized carbons (Fsp3) is 0.474. The topological polar surface area (TPSA) is 93.1 Å². The van der Waals surface area contributed by atoms with Crippen LogP contribution in [-0.2, 0) is 20.7 Å². The van der Waals surface area contributed by atoms with E-state index in [0.29, 0.717) is 12.8 Å². The molecule has 0 aromatic heterocycles. The number of methoxy groups -OCH3 is 1. The second-order valence-corrected chi connectivity index (χ2v) is 6.28. The fourth-order valence-corrected chi connectivity index (χ4v) is 2.86. The number of phenols is 2. The number of cyclic esters (lactones) is 1. The van der Waals surface area contributed by atoms with E-state index < -0.39 is 11.7 Å². The number of carbonyl (C=O) groups is 2. The molecule has 25 heavy (non-hydrogen) atoms. The summed E-state index contributed by atoms with van der Waals surface area (Å²) in [6, 6.07) is 2.38. The first-order chi connectivity index (χ1) is 11.9. The molecule has 0 amide bonds. The number of hydrogen-bond donors (Lipinski definition) is 2. The Morgan fingerprint density at radius 2 is 1.96 bits per heavy atom. The van der Waals surface area contributed by atoms with E-state index in [1.165, 1.54) is 6.07 Å². The van der Waals surface area contributed by atoms with Crippen LogP contribution in [0.5, 0.6) is 11.5 Å². The Morgan fingerprint density at radius 1 is 1.20 bits per heavy atom. The summed E-state index contributed by atoms with van der Waals surface area (Å²) in [5.74, 6) is -1.45. The van der Waals surface area contributed by atoms with Crippen molar-refractivity contribution in [1.29, 1.82) is 0 Å². The first-order valence-corrected chi connectivity index (χ1v) is 8.36. The number of carbonyl (C=O) groups excluding carboxylic acids is 2. The maximum Gasteiger partial charge on any atom is 0.342 e. The van der Waals surface area contributed by atoms with E-state index in [4.69, 9.17) is 9.47 Å². The molecule has 2 atom stereocenters. The average molecular weight is 348 g/mol. The van der Waals surface area contributed by atoms with E-state index in [2.05, 4.69) is 0 Å². The van der Waals surface area contributed by atoms with E-state index in [9.17, 15) is 19.8 Å². The third kappa shape index (κ3) is 5.32. The van der Waals surface area contributed by atoms with Gasteiger partial charge in [-0.3, -0.25) is 4.79 Å². The molecule has 0 unspecified atom stereocenters. The van der Waals surface area contributed by atoms with Gasteiger partial charge in [0, 0.05) is 32.4 Å². The minimum atomic E-state index is -0.707. The second kappa shape index (κ2) is 8.67. The zero-order valence-electron chi connectivity index (χ0n) is 14.5. The number of fused-ring (bicyclic) bond motifs is 1. The van der Waals surface area contributed by atoms with Crippen LogP contribution in [-0.4, -0.2) is 41.3 Å². The predicted octanol–water partition coefficient (Wildman–Crippen LogP) is 2.90. The third-order valence-electron chi connectivity index (χ3n) is 4.16. The predicted molar refractivity (Wildman–Crippen MR) is 91.8 cm³/mol. The van der Waals surface area contributed by atoms with Crippen LogP contribution >= 0.6 is 0 Å². The Bertz CT molecular complexity index is 664. The Morgan fingerprint density at radius 3 is 2.68 bits per heavy atom. The normalized spacial score (nSPS) is 22.8. The summed E-state index contributed by atoms with van der Waals surface area (Å²) < 4.78 is 10.7. The number of rotatable bonds is 1. The maximum atomic E-state index is 12.4. The molecule has 2 rings (SSSR count). The number of phenolic OH excluding ortho intramolecular Hbond substituents is 2. The number of ether oxygens (including phenoxy) is 2. The van der Waals surface area contributed by atoms with Gasteiger partial charge in [0.1, 0.15) is 28.9 Å². The molecule has 136 valence electrons. The number of aromatic hydroxyl groups is 2. The number of ketones is 1. The van der Waals surface area contributed by atoms with E-state index in [-0.39, 0.29) is 47.7 Å². The highest BCUT2D eigenvalue weighted by molar-refractivity contribution is 5.96. The minimum absolute atomic E-state index is 0.0759. The molecule has 0 spiro atoms. The van der Waals surface area contributed by atoms with Gasteiger partial charge in [0.05, 0.1) is 6.10 Å². The first kappa shape index (κ1) is 19.0. The Kier molecular flexibility index (Phi) is 6.58. The van der Waals surface area contributed by atoms with E-state index in [1.54, 1.807) is 14.0 Å². The minimum Gasteiger partial charge on any atom is -0.508 e. The van der Waals surface area contributed by atoms with Crippen molar-refractivity contribution in [3.8, 4) is 11.5 Å². The third-order valence-corrected chi connectivity index (χ3v) is 4.16. The van der Waals surface area contributed by atoms with Crippen molar-refractivity contribution in [2.45, 2.75) is 51.2 Å². The number of benzene rings is 1. The van der Waals surface area contributed by atoms with Crippen molar-refractivity contribution in [3.05, 3.63) is 35.4 Å². The van der Waals surface area contributed by atoms with Crippen LogP contribution < -0.4 is 0 Å². The first-order valence-electron chi connectivity index (χ1n) is 8.36. The molecule has 1 aliphatic rings. The van der Waals surface area contributed by atoms with Crippen LogP contribution in [0, 0.1) is 0 Å². The standard InChI is InChI=1S/C19H24O6/c1-12-6-4-3-5-7-16(24-2)10-14(20)8-13-9-15(21)11-17(22)18(13)19(23)25-12/h3-4,9,11-12,16,21-22H,5-8,10H2,1-2H3/t12-,16-/m1/s1. The summed E-state index contributed by atoms with van der Waals surface area (Å²) in [7, 11) is 1.57. The summed E-state index contributed by atoms with van der Waals surface area (Å²) in [6.07, 6.45) is 5.47. The smallest absolute Gasteiger partial charge is 0.342 e. The molecule has 0 saturated carbocycles. The van der Waals surface area contributed by atoms with E-state index in [1.807, 2.05) is 12.2 Å². The van der Waals surface area contributed by atoms with Gasteiger partial charge < -0.3 is 19.7 Å². The van der Waals surface area contributed by atoms with Crippen LogP contribution in [0.2, 0.25) is 0 Å². The van der Waals surface area contributed by atoms with Gasteiger partial charge in [-0.2, -0.15) is 0 Å². The van der Waals surface area contributed by atoms with Gasteiger partial charge in [0.25, 0.3) is 0 Å². The van der Waals surface area contributed by atoms with Crippen molar-refractivity contribution >= 4 is 11.8 Å². The van der Waals surface area contributed by atoms with Gasteiger partial charge >= 0.3 is 5.97 Å². The summed E-state index contributed by atoms with van der Waals surface area (Å²) >= 11 is 0. The van der Waals surface area contributed by atoms with Crippen molar-refractivity contribution in [1.82, 2.24) is 0 Å². The largest absolute Gasteiger partial charge is 0.508 e. The number of hydrogen-bond acceptors (Lipinski definition) is 6. The number of esters is 1. The highest BCUT2D eigenvalue weighted by Crippen LogP contribution is 2.29. The SMILES string of the molecule is CO[C@@H]1CCC=CC[C@@H](C)OC(=O)c2c(O)cc(O)cc2CC(=O)C1. The molecule has 1 aromatic carbocycles. The lowest BCUT2D eigenvalue weighted by molar-refractivity contribution is -0.120. The summed E-state index contributed by atoms with van der Waals surface area (Å²) in [5, 5.41) is 19.8. The van der Waals surface area contributed by atoms with Crippen LogP contribution in [0.25, 0.3) is 0 Å². The Labute approximate surface area is 147 Å². The molecule has 0 saturated heterocycles. The Hall–Kier alpha value is -2.34. The van der Waals surface area contributed by atoms with Gasteiger partial charge in [-0.1, -0.05) is 12.2 Å². The van der Waals surface area contributed by atoms with Crippen molar-refractivity contribution in [3.63, 3.8) is 0 Å². The molecule has 1 aromatic rings. The molecule has 0 bridgehead atoms. The lowest BCUT2D eigenvalue weighted by atomic mass is 9.97. The molecule has 1 heterocycles. The molecule has 2 N–H and O–H groups in total. The van der Waals surface area contributed by atoms with Crippen molar-refractivity contribution in [2.75, 3.05) is 7.11 Å². The number of Topliss-reactive ketones (excluding diaryl/α,β-unsaturated/α-hetero) is 1. The molecular weight excluding hydrogens is 324 g/mol. The van der Waals surface area contributed by atoms with Crippen LogP contribution in [0.15, 0.2) is 24.3 Å². The molecule has 0 radical (unpaired) electrons. The zero-order chi connectivity index (χ0) is 18.4. The van der Waals surface area contributed by atoms with Crippen molar-refractivity contribution < 1.29 is 29.3 Å². The lowest BCUT2D eigenvalue weighted by Gasteiger charge is -2.17. The highest BCUT2D eigenvalue weighted by atomic mass is 16.5. The molecule has 1 aliphatic heterocycles. The van der Waals surface area contributed by atoms with Gasteiger partial charge in [0.15, 0.2) is 0 Å². The number of allylic oxidation sites excluding steroid dienone is 1. The lowest BCUT2D eigenvalue weighted by Crippen LogP contribution is -2.20. The van der Waals surface area contributed by atoms with Gasteiger partial charge in [-0.15, -0.1) is 0 Å². The van der Waals surface area contributed by atoms with Gasteiger partial charge in [-0.05, 0) is 31.4 Å². The molecule has 6 heteroatoms. The monoisotopic (exact) mass is 348 g/mol.